The fourth-order valence-corrected chi connectivity index (χ4v) is 1.61. The molecule has 18 heavy (non-hydrogen) atoms. The zero-order chi connectivity index (χ0) is 13.0. The van der Waals surface area contributed by atoms with Gasteiger partial charge < -0.3 is 10.5 Å². The van der Waals surface area contributed by atoms with Gasteiger partial charge in [-0.25, -0.2) is 9.97 Å². The van der Waals surface area contributed by atoms with E-state index >= 15 is 0 Å². The van der Waals surface area contributed by atoms with E-state index in [1.165, 1.54) is 0 Å². The van der Waals surface area contributed by atoms with E-state index in [0.29, 0.717) is 12.6 Å². The van der Waals surface area contributed by atoms with E-state index in [4.69, 9.17) is 10.5 Å². The third-order valence-electron chi connectivity index (χ3n) is 2.66. The van der Waals surface area contributed by atoms with Crippen molar-refractivity contribution in [3.63, 3.8) is 0 Å². The zero-order valence-corrected chi connectivity index (χ0v) is 10.7. The van der Waals surface area contributed by atoms with Gasteiger partial charge in [0.2, 0.25) is 0 Å². The van der Waals surface area contributed by atoms with Crippen molar-refractivity contribution in [3.8, 4) is 11.8 Å². The van der Waals surface area contributed by atoms with Crippen molar-refractivity contribution in [1.82, 2.24) is 9.97 Å². The van der Waals surface area contributed by atoms with E-state index in [-0.39, 0.29) is 0 Å². The molecule has 0 saturated heterocycles. The SMILES string of the molecule is Cc1ccc(C)c(Oc2ncc(CCN)cn2)c1. The maximum atomic E-state index is 5.67. The number of rotatable bonds is 4. The Morgan fingerprint density at radius 2 is 1.89 bits per heavy atom. The van der Waals surface area contributed by atoms with Crippen molar-refractivity contribution in [3.05, 3.63) is 47.3 Å². The van der Waals surface area contributed by atoms with Crippen LogP contribution in [-0.2, 0) is 6.42 Å². The first kappa shape index (κ1) is 12.5. The van der Waals surface area contributed by atoms with Crippen LogP contribution in [0.3, 0.4) is 0 Å². The molecule has 0 spiro atoms. The number of nitrogens with zero attached hydrogens (tertiary/aromatic N) is 2. The molecule has 0 fully saturated rings. The van der Waals surface area contributed by atoms with Crippen molar-refractivity contribution < 1.29 is 4.74 Å². The van der Waals surface area contributed by atoms with Crippen LogP contribution in [0.15, 0.2) is 30.6 Å². The fourth-order valence-electron chi connectivity index (χ4n) is 1.61. The highest BCUT2D eigenvalue weighted by Gasteiger charge is 2.04. The number of aryl methyl sites for hydroxylation is 2. The molecule has 0 bridgehead atoms. The molecule has 0 amide bonds. The second-order valence-corrected chi connectivity index (χ2v) is 4.28. The summed E-state index contributed by atoms with van der Waals surface area (Å²) in [5.74, 6) is 0.793. The highest BCUT2D eigenvalue weighted by atomic mass is 16.5. The van der Waals surface area contributed by atoms with Crippen molar-refractivity contribution >= 4 is 0 Å². The molecule has 0 atom stereocenters. The first-order valence-electron chi connectivity index (χ1n) is 5.95. The lowest BCUT2D eigenvalue weighted by atomic mass is 10.1. The van der Waals surface area contributed by atoms with Crippen LogP contribution in [-0.4, -0.2) is 16.5 Å². The molecule has 1 aromatic carbocycles. The summed E-state index contributed by atoms with van der Waals surface area (Å²) < 4.78 is 5.67. The molecule has 0 aliphatic rings. The molecule has 0 aliphatic heterocycles. The van der Waals surface area contributed by atoms with Crippen LogP contribution in [0.25, 0.3) is 0 Å². The Labute approximate surface area is 107 Å². The van der Waals surface area contributed by atoms with Gasteiger partial charge >= 0.3 is 6.01 Å². The van der Waals surface area contributed by atoms with Crippen LogP contribution < -0.4 is 10.5 Å². The van der Waals surface area contributed by atoms with Gasteiger partial charge in [0, 0.05) is 12.4 Å². The largest absolute Gasteiger partial charge is 0.424 e. The zero-order valence-electron chi connectivity index (χ0n) is 10.7. The Bertz CT molecular complexity index is 523. The van der Waals surface area contributed by atoms with Crippen LogP contribution in [0.5, 0.6) is 11.8 Å². The summed E-state index contributed by atoms with van der Waals surface area (Å²) in [6.07, 6.45) is 4.28. The highest BCUT2D eigenvalue weighted by Crippen LogP contribution is 2.23. The highest BCUT2D eigenvalue weighted by molar-refractivity contribution is 5.37. The molecule has 4 heteroatoms. The summed E-state index contributed by atoms with van der Waals surface area (Å²) in [7, 11) is 0. The molecule has 2 N–H and O–H groups in total. The average Bonchev–Trinajstić information content (AvgIpc) is 2.37. The Kier molecular flexibility index (Phi) is 3.89. The molecule has 1 heterocycles. The number of ether oxygens (including phenoxy) is 1. The minimum absolute atomic E-state index is 0.365. The van der Waals surface area contributed by atoms with Gasteiger partial charge in [-0.1, -0.05) is 12.1 Å². The second-order valence-electron chi connectivity index (χ2n) is 4.28. The molecule has 2 rings (SSSR count). The Hall–Kier alpha value is -1.94. The first-order chi connectivity index (χ1) is 8.69. The molecule has 1 aromatic heterocycles. The fraction of sp³-hybridized carbons (Fsp3) is 0.286. The monoisotopic (exact) mass is 243 g/mol. The van der Waals surface area contributed by atoms with E-state index in [0.717, 1.165) is 28.9 Å². The summed E-state index contributed by atoms with van der Waals surface area (Å²) in [5, 5.41) is 0. The predicted octanol–water partition coefficient (Wildman–Crippen LogP) is 2.39. The van der Waals surface area contributed by atoms with Crippen LogP contribution in [0, 0.1) is 13.8 Å². The van der Waals surface area contributed by atoms with Gasteiger partial charge in [-0.3, -0.25) is 0 Å². The molecule has 0 aliphatic carbocycles. The Balaban J connectivity index is 2.15. The van der Waals surface area contributed by atoms with Gasteiger partial charge in [0.15, 0.2) is 0 Å². The first-order valence-corrected chi connectivity index (χ1v) is 5.95. The van der Waals surface area contributed by atoms with Crippen LogP contribution in [0.2, 0.25) is 0 Å². The van der Waals surface area contributed by atoms with E-state index in [1.807, 2.05) is 32.0 Å². The van der Waals surface area contributed by atoms with E-state index in [2.05, 4.69) is 9.97 Å². The molecule has 2 aromatic rings. The minimum Gasteiger partial charge on any atom is -0.424 e. The molecular weight excluding hydrogens is 226 g/mol. The molecular formula is C14H17N3O. The maximum absolute atomic E-state index is 5.67. The van der Waals surface area contributed by atoms with Crippen LogP contribution in [0.4, 0.5) is 0 Å². The summed E-state index contributed by atoms with van der Waals surface area (Å²) >= 11 is 0. The van der Waals surface area contributed by atoms with Crippen molar-refractivity contribution in [2.45, 2.75) is 20.3 Å². The molecule has 0 unspecified atom stereocenters. The lowest BCUT2D eigenvalue weighted by Crippen LogP contribution is -2.04. The van der Waals surface area contributed by atoms with Gasteiger partial charge in [0.1, 0.15) is 5.75 Å². The summed E-state index contributed by atoms with van der Waals surface area (Å²) in [5.41, 5.74) is 8.70. The van der Waals surface area contributed by atoms with E-state index < -0.39 is 0 Å². The number of hydrogen-bond donors (Lipinski definition) is 1. The quantitative estimate of drug-likeness (QED) is 0.895. The maximum Gasteiger partial charge on any atom is 0.321 e. The summed E-state index contributed by atoms with van der Waals surface area (Å²) in [6, 6.07) is 6.41. The van der Waals surface area contributed by atoms with Crippen LogP contribution >= 0.6 is 0 Å². The smallest absolute Gasteiger partial charge is 0.321 e. The molecule has 0 saturated carbocycles. The third-order valence-corrected chi connectivity index (χ3v) is 2.66. The lowest BCUT2D eigenvalue weighted by molar-refractivity contribution is 0.437. The van der Waals surface area contributed by atoms with Gasteiger partial charge in [-0.15, -0.1) is 0 Å². The van der Waals surface area contributed by atoms with Gasteiger partial charge in [0.25, 0.3) is 0 Å². The normalized spacial score (nSPS) is 10.4. The van der Waals surface area contributed by atoms with Gasteiger partial charge in [0.05, 0.1) is 0 Å². The second kappa shape index (κ2) is 5.60. The van der Waals surface area contributed by atoms with Crippen LogP contribution in [0.1, 0.15) is 16.7 Å². The molecule has 94 valence electrons. The van der Waals surface area contributed by atoms with Crippen molar-refractivity contribution in [1.29, 1.82) is 0 Å². The van der Waals surface area contributed by atoms with Gasteiger partial charge in [-0.2, -0.15) is 0 Å². The summed E-state index contributed by atoms with van der Waals surface area (Å²) in [6.45, 7) is 4.62. The van der Waals surface area contributed by atoms with Gasteiger partial charge in [-0.05, 0) is 49.6 Å². The molecule has 4 nitrogen and oxygen atoms in total. The van der Waals surface area contributed by atoms with E-state index in [1.54, 1.807) is 12.4 Å². The number of aromatic nitrogens is 2. The third kappa shape index (κ3) is 3.05. The predicted molar refractivity (Wildman–Crippen MR) is 70.8 cm³/mol. The van der Waals surface area contributed by atoms with Crippen molar-refractivity contribution in [2.24, 2.45) is 5.73 Å². The topological polar surface area (TPSA) is 61.0 Å². The summed E-state index contributed by atoms with van der Waals surface area (Å²) in [4.78, 5) is 8.35. The number of hydrogen-bond acceptors (Lipinski definition) is 4. The van der Waals surface area contributed by atoms with Crippen molar-refractivity contribution in [2.75, 3.05) is 6.54 Å². The Morgan fingerprint density at radius 3 is 2.56 bits per heavy atom. The Morgan fingerprint density at radius 1 is 1.17 bits per heavy atom. The standard InChI is InChI=1S/C14H17N3O/c1-10-3-4-11(2)13(7-10)18-14-16-8-12(5-6-15)9-17-14/h3-4,7-9H,5-6,15H2,1-2H3. The number of benzene rings is 1. The lowest BCUT2D eigenvalue weighted by Gasteiger charge is -2.08. The minimum atomic E-state index is 0.365. The number of nitrogens with two attached hydrogens (primary N) is 1. The molecule has 0 radical (unpaired) electrons. The average molecular weight is 243 g/mol. The van der Waals surface area contributed by atoms with E-state index in [9.17, 15) is 0 Å².